The van der Waals surface area contributed by atoms with Crippen molar-refractivity contribution >= 4 is 11.0 Å². The SMILES string of the molecule is Cn1c([C@@H](NCCn2ccnc2)c2ccccc2)nc2ccccc21. The van der Waals surface area contributed by atoms with Crippen LogP contribution in [-0.4, -0.2) is 25.6 Å². The van der Waals surface area contributed by atoms with Crippen LogP contribution in [-0.2, 0) is 13.6 Å². The van der Waals surface area contributed by atoms with Gasteiger partial charge in [-0.05, 0) is 17.7 Å². The third kappa shape index (κ3) is 3.19. The average molecular weight is 331 g/mol. The summed E-state index contributed by atoms with van der Waals surface area (Å²) in [6.45, 7) is 1.70. The van der Waals surface area contributed by atoms with Crippen molar-refractivity contribution in [1.82, 2.24) is 24.4 Å². The van der Waals surface area contributed by atoms with E-state index in [1.807, 2.05) is 24.7 Å². The summed E-state index contributed by atoms with van der Waals surface area (Å²) in [6.07, 6.45) is 5.63. The fraction of sp³-hybridized carbons (Fsp3) is 0.200. The minimum Gasteiger partial charge on any atom is -0.336 e. The van der Waals surface area contributed by atoms with Crippen molar-refractivity contribution in [1.29, 1.82) is 0 Å². The predicted octanol–water partition coefficient (Wildman–Crippen LogP) is 3.15. The van der Waals surface area contributed by atoms with Crippen LogP contribution < -0.4 is 5.32 Å². The van der Waals surface area contributed by atoms with Gasteiger partial charge in [-0.2, -0.15) is 0 Å². The first-order valence-electron chi connectivity index (χ1n) is 8.48. The number of nitrogens with zero attached hydrogens (tertiary/aromatic N) is 4. The summed E-state index contributed by atoms with van der Waals surface area (Å²) in [5, 5.41) is 3.66. The Morgan fingerprint density at radius 1 is 1.04 bits per heavy atom. The maximum absolute atomic E-state index is 4.89. The van der Waals surface area contributed by atoms with E-state index in [0.717, 1.165) is 29.9 Å². The van der Waals surface area contributed by atoms with Crippen LogP contribution in [0, 0.1) is 0 Å². The third-order valence-electron chi connectivity index (χ3n) is 4.49. The first-order chi connectivity index (χ1) is 12.3. The molecule has 0 spiro atoms. The second-order valence-electron chi connectivity index (χ2n) is 6.12. The summed E-state index contributed by atoms with van der Waals surface area (Å²) < 4.78 is 4.25. The van der Waals surface area contributed by atoms with Gasteiger partial charge in [0, 0.05) is 32.5 Å². The molecule has 0 amide bonds. The maximum Gasteiger partial charge on any atom is 0.131 e. The summed E-state index contributed by atoms with van der Waals surface area (Å²) in [5.41, 5.74) is 3.39. The second-order valence-corrected chi connectivity index (χ2v) is 6.12. The van der Waals surface area contributed by atoms with Crippen molar-refractivity contribution in [2.75, 3.05) is 6.54 Å². The lowest BCUT2D eigenvalue weighted by Gasteiger charge is -2.19. The topological polar surface area (TPSA) is 47.7 Å². The van der Waals surface area contributed by atoms with E-state index in [-0.39, 0.29) is 6.04 Å². The predicted molar refractivity (Wildman–Crippen MR) is 99.2 cm³/mol. The molecule has 0 unspecified atom stereocenters. The molecule has 2 aromatic carbocycles. The molecule has 0 aliphatic carbocycles. The van der Waals surface area contributed by atoms with Crippen molar-refractivity contribution in [3.63, 3.8) is 0 Å². The number of aryl methyl sites for hydroxylation is 1. The molecule has 2 heterocycles. The van der Waals surface area contributed by atoms with E-state index < -0.39 is 0 Å². The number of fused-ring (bicyclic) bond motifs is 1. The Balaban J connectivity index is 1.65. The standard InChI is InChI=1S/C20H21N5/c1-24-18-10-6-5-9-17(18)23-20(24)19(16-7-3-2-4-8-16)22-12-14-25-13-11-21-15-25/h2-11,13,15,19,22H,12,14H2,1H3/t19-/m0/s1. The van der Waals surface area contributed by atoms with E-state index in [9.17, 15) is 0 Å². The normalized spacial score (nSPS) is 12.5. The first-order valence-corrected chi connectivity index (χ1v) is 8.48. The number of benzene rings is 2. The largest absolute Gasteiger partial charge is 0.336 e. The van der Waals surface area contributed by atoms with E-state index in [2.05, 4.69) is 68.9 Å². The Morgan fingerprint density at radius 2 is 1.84 bits per heavy atom. The zero-order valence-corrected chi connectivity index (χ0v) is 14.2. The Bertz CT molecular complexity index is 941. The molecule has 0 bridgehead atoms. The molecule has 0 saturated carbocycles. The zero-order valence-electron chi connectivity index (χ0n) is 14.2. The van der Waals surface area contributed by atoms with Gasteiger partial charge < -0.3 is 14.5 Å². The monoisotopic (exact) mass is 331 g/mol. The highest BCUT2D eigenvalue weighted by Gasteiger charge is 2.19. The highest BCUT2D eigenvalue weighted by Crippen LogP contribution is 2.24. The van der Waals surface area contributed by atoms with Crippen LogP contribution in [0.5, 0.6) is 0 Å². The van der Waals surface area contributed by atoms with Crippen molar-refractivity contribution in [3.05, 3.63) is 84.7 Å². The highest BCUT2D eigenvalue weighted by molar-refractivity contribution is 5.76. The molecule has 4 aromatic rings. The quantitative estimate of drug-likeness (QED) is 0.590. The third-order valence-corrected chi connectivity index (χ3v) is 4.49. The van der Waals surface area contributed by atoms with E-state index in [0.29, 0.717) is 0 Å². The van der Waals surface area contributed by atoms with Crippen LogP contribution in [0.15, 0.2) is 73.3 Å². The van der Waals surface area contributed by atoms with Gasteiger partial charge in [0.15, 0.2) is 0 Å². The summed E-state index contributed by atoms with van der Waals surface area (Å²) in [6, 6.07) is 18.8. The average Bonchev–Trinajstić information content (AvgIpc) is 3.28. The molecule has 1 N–H and O–H groups in total. The molecule has 0 radical (unpaired) electrons. The number of hydrogen-bond acceptors (Lipinski definition) is 3. The summed E-state index contributed by atoms with van der Waals surface area (Å²) in [5.74, 6) is 1.03. The molecule has 0 aliphatic rings. The van der Waals surface area contributed by atoms with E-state index in [4.69, 9.17) is 4.98 Å². The van der Waals surface area contributed by atoms with Gasteiger partial charge in [-0.25, -0.2) is 9.97 Å². The molecule has 0 saturated heterocycles. The van der Waals surface area contributed by atoms with Crippen LogP contribution in [0.25, 0.3) is 11.0 Å². The molecule has 126 valence electrons. The Labute approximate surface area is 147 Å². The lowest BCUT2D eigenvalue weighted by Crippen LogP contribution is -2.28. The number of aromatic nitrogens is 4. The van der Waals surface area contributed by atoms with Crippen LogP contribution in [0.2, 0.25) is 0 Å². The molecular formula is C20H21N5. The van der Waals surface area contributed by atoms with Crippen molar-refractivity contribution in [2.45, 2.75) is 12.6 Å². The van der Waals surface area contributed by atoms with Gasteiger partial charge in [-0.3, -0.25) is 0 Å². The van der Waals surface area contributed by atoms with E-state index in [1.165, 1.54) is 5.56 Å². The number of rotatable bonds is 6. The van der Waals surface area contributed by atoms with Gasteiger partial charge in [0.05, 0.1) is 23.4 Å². The number of imidazole rings is 2. The lowest BCUT2D eigenvalue weighted by molar-refractivity contribution is 0.525. The first kappa shape index (κ1) is 15.6. The summed E-state index contributed by atoms with van der Waals surface area (Å²) >= 11 is 0. The number of hydrogen-bond donors (Lipinski definition) is 1. The van der Waals surface area contributed by atoms with Gasteiger partial charge >= 0.3 is 0 Å². The Morgan fingerprint density at radius 3 is 2.60 bits per heavy atom. The molecule has 4 rings (SSSR count). The minimum absolute atomic E-state index is 0.0436. The molecule has 25 heavy (non-hydrogen) atoms. The van der Waals surface area contributed by atoms with Gasteiger partial charge in [0.2, 0.25) is 0 Å². The minimum atomic E-state index is 0.0436. The molecule has 5 nitrogen and oxygen atoms in total. The number of nitrogens with one attached hydrogen (secondary N) is 1. The van der Waals surface area contributed by atoms with Crippen LogP contribution >= 0.6 is 0 Å². The second kappa shape index (κ2) is 6.91. The molecule has 5 heteroatoms. The Kier molecular flexibility index (Phi) is 4.31. The van der Waals surface area contributed by atoms with Gasteiger partial charge in [-0.1, -0.05) is 42.5 Å². The van der Waals surface area contributed by atoms with Crippen molar-refractivity contribution < 1.29 is 0 Å². The summed E-state index contributed by atoms with van der Waals surface area (Å²) in [7, 11) is 2.08. The highest BCUT2D eigenvalue weighted by atomic mass is 15.1. The van der Waals surface area contributed by atoms with Gasteiger partial charge in [-0.15, -0.1) is 0 Å². The smallest absolute Gasteiger partial charge is 0.131 e. The van der Waals surface area contributed by atoms with Crippen molar-refractivity contribution in [2.24, 2.45) is 7.05 Å². The van der Waals surface area contributed by atoms with Crippen LogP contribution in [0.1, 0.15) is 17.4 Å². The van der Waals surface area contributed by atoms with Crippen LogP contribution in [0.3, 0.4) is 0 Å². The fourth-order valence-corrected chi connectivity index (χ4v) is 3.18. The molecule has 0 fully saturated rings. The zero-order chi connectivity index (χ0) is 17.1. The summed E-state index contributed by atoms with van der Waals surface area (Å²) in [4.78, 5) is 8.98. The Hall–Kier alpha value is -2.92. The van der Waals surface area contributed by atoms with Gasteiger partial charge in [0.25, 0.3) is 0 Å². The lowest BCUT2D eigenvalue weighted by atomic mass is 10.1. The van der Waals surface area contributed by atoms with E-state index in [1.54, 1.807) is 6.20 Å². The molecule has 1 atom stereocenters. The number of para-hydroxylation sites is 2. The maximum atomic E-state index is 4.89. The van der Waals surface area contributed by atoms with Crippen molar-refractivity contribution in [3.8, 4) is 0 Å². The van der Waals surface area contributed by atoms with E-state index >= 15 is 0 Å². The molecule has 2 aromatic heterocycles. The molecular weight excluding hydrogens is 310 g/mol. The van der Waals surface area contributed by atoms with Crippen LogP contribution in [0.4, 0.5) is 0 Å². The van der Waals surface area contributed by atoms with Gasteiger partial charge in [0.1, 0.15) is 5.82 Å². The molecule has 0 aliphatic heterocycles. The fourth-order valence-electron chi connectivity index (χ4n) is 3.18.